The summed E-state index contributed by atoms with van der Waals surface area (Å²) >= 11 is 0. The van der Waals surface area contributed by atoms with E-state index in [9.17, 15) is 8.42 Å². The summed E-state index contributed by atoms with van der Waals surface area (Å²) in [6.07, 6.45) is 7.81. The Morgan fingerprint density at radius 2 is 1.89 bits per heavy atom. The Hall–Kier alpha value is -2.00. The zero-order chi connectivity index (χ0) is 19.6. The molecular weight excluding hydrogens is 366 g/mol. The van der Waals surface area contributed by atoms with E-state index in [4.69, 9.17) is 4.74 Å². The highest BCUT2D eigenvalue weighted by atomic mass is 32.2. The van der Waals surface area contributed by atoms with Crippen molar-refractivity contribution >= 4 is 10.0 Å². The highest BCUT2D eigenvalue weighted by Crippen LogP contribution is 2.26. The van der Waals surface area contributed by atoms with Crippen molar-refractivity contribution in [2.75, 3.05) is 0 Å². The maximum absolute atomic E-state index is 12.9. The number of aryl methyl sites for hydroxylation is 1. The van der Waals surface area contributed by atoms with Crippen molar-refractivity contribution in [3.8, 4) is 5.88 Å². The number of nitrogens with zero attached hydrogens (tertiary/aromatic N) is 4. The van der Waals surface area contributed by atoms with Crippen LogP contribution in [-0.2, 0) is 10.0 Å². The van der Waals surface area contributed by atoms with Gasteiger partial charge in [-0.3, -0.25) is 9.67 Å². The molecule has 1 fully saturated rings. The van der Waals surface area contributed by atoms with Gasteiger partial charge in [0.2, 0.25) is 15.9 Å². The van der Waals surface area contributed by atoms with Gasteiger partial charge in [0, 0.05) is 24.5 Å². The minimum absolute atomic E-state index is 0.0367. The van der Waals surface area contributed by atoms with Gasteiger partial charge in [-0.25, -0.2) is 18.1 Å². The van der Waals surface area contributed by atoms with Crippen LogP contribution in [0.2, 0.25) is 0 Å². The molecule has 0 bridgehead atoms. The van der Waals surface area contributed by atoms with Crippen LogP contribution in [0.3, 0.4) is 0 Å². The van der Waals surface area contributed by atoms with Gasteiger partial charge in [0.25, 0.3) is 0 Å². The molecular formula is C18H27N5O3S. The Kier molecular flexibility index (Phi) is 5.81. The summed E-state index contributed by atoms with van der Waals surface area (Å²) in [6, 6.07) is 0.0132. The number of ether oxygens (including phenoxy) is 1. The van der Waals surface area contributed by atoms with E-state index in [0.29, 0.717) is 22.2 Å². The van der Waals surface area contributed by atoms with Gasteiger partial charge in [-0.2, -0.15) is 5.10 Å². The molecule has 0 radical (unpaired) electrons. The van der Waals surface area contributed by atoms with Gasteiger partial charge in [-0.1, -0.05) is 0 Å². The molecule has 2 aromatic heterocycles. The molecule has 9 heteroatoms. The number of hydrogen-bond acceptors (Lipinski definition) is 6. The molecule has 148 valence electrons. The average Bonchev–Trinajstić information content (AvgIpc) is 2.93. The Bertz CT molecular complexity index is 872. The van der Waals surface area contributed by atoms with Crippen molar-refractivity contribution in [2.24, 2.45) is 0 Å². The lowest BCUT2D eigenvalue weighted by Gasteiger charge is -2.29. The molecule has 27 heavy (non-hydrogen) atoms. The van der Waals surface area contributed by atoms with E-state index in [1.54, 1.807) is 37.1 Å². The first-order valence-electron chi connectivity index (χ1n) is 9.28. The maximum Gasteiger partial charge on any atom is 0.244 e. The van der Waals surface area contributed by atoms with Gasteiger partial charge in [0.1, 0.15) is 11.0 Å². The molecule has 0 aromatic carbocycles. The summed E-state index contributed by atoms with van der Waals surface area (Å²) in [6.45, 7) is 7.52. The van der Waals surface area contributed by atoms with Crippen LogP contribution in [0.5, 0.6) is 5.88 Å². The van der Waals surface area contributed by atoms with Crippen molar-refractivity contribution in [1.29, 1.82) is 0 Å². The van der Waals surface area contributed by atoms with E-state index in [1.165, 1.54) is 0 Å². The number of rotatable bonds is 6. The summed E-state index contributed by atoms with van der Waals surface area (Å²) in [5, 5.41) is 4.39. The molecule has 8 nitrogen and oxygen atoms in total. The van der Waals surface area contributed by atoms with Crippen molar-refractivity contribution in [2.45, 2.75) is 76.5 Å². The third kappa shape index (κ3) is 4.47. The molecule has 1 aliphatic rings. The van der Waals surface area contributed by atoms with E-state index in [1.807, 2.05) is 13.8 Å². The first kappa shape index (κ1) is 19.8. The lowest BCUT2D eigenvalue weighted by atomic mass is 9.94. The number of hydrogen-bond donors (Lipinski definition) is 1. The fraction of sp³-hybridized carbons (Fsp3) is 0.611. The highest BCUT2D eigenvalue weighted by Gasteiger charge is 2.30. The first-order valence-corrected chi connectivity index (χ1v) is 10.8. The molecule has 0 aliphatic heterocycles. The smallest absolute Gasteiger partial charge is 0.244 e. The van der Waals surface area contributed by atoms with Crippen LogP contribution >= 0.6 is 0 Å². The topological polar surface area (TPSA) is 99.0 Å². The second-order valence-corrected chi connectivity index (χ2v) is 8.95. The van der Waals surface area contributed by atoms with Gasteiger partial charge >= 0.3 is 0 Å². The number of aromatic nitrogens is 4. The molecule has 1 aliphatic carbocycles. The largest absolute Gasteiger partial charge is 0.473 e. The fourth-order valence-corrected chi connectivity index (χ4v) is 5.34. The van der Waals surface area contributed by atoms with E-state index < -0.39 is 10.0 Å². The van der Waals surface area contributed by atoms with E-state index in [0.717, 1.165) is 25.7 Å². The molecule has 0 atom stereocenters. The fourth-order valence-electron chi connectivity index (χ4n) is 3.63. The van der Waals surface area contributed by atoms with Crippen LogP contribution in [0.25, 0.3) is 0 Å². The van der Waals surface area contributed by atoms with Crippen molar-refractivity contribution in [3.05, 3.63) is 30.0 Å². The lowest BCUT2D eigenvalue weighted by Crippen LogP contribution is -2.40. The molecule has 0 amide bonds. The third-order valence-electron chi connectivity index (χ3n) is 4.84. The minimum atomic E-state index is -3.61. The third-order valence-corrected chi connectivity index (χ3v) is 6.61. The van der Waals surface area contributed by atoms with Gasteiger partial charge < -0.3 is 4.74 Å². The van der Waals surface area contributed by atoms with Crippen LogP contribution in [-0.4, -0.2) is 40.3 Å². The van der Waals surface area contributed by atoms with Gasteiger partial charge in [0.05, 0.1) is 17.6 Å². The molecule has 1 saturated carbocycles. The van der Waals surface area contributed by atoms with E-state index in [-0.39, 0.29) is 18.2 Å². The Morgan fingerprint density at radius 1 is 1.19 bits per heavy atom. The standard InChI is InChI=1S/C18H27N5O3S/c1-12(2)23-14(4)18(13(3)21-23)27(24,25)22-15-5-7-16(8-6-15)26-17-11-19-9-10-20-17/h9-12,15-16,22H,5-8H2,1-4H3. The van der Waals surface area contributed by atoms with Gasteiger partial charge in [-0.15, -0.1) is 0 Å². The van der Waals surface area contributed by atoms with Gasteiger partial charge in [0.15, 0.2) is 0 Å². The molecule has 1 N–H and O–H groups in total. The summed E-state index contributed by atoms with van der Waals surface area (Å²) in [4.78, 5) is 8.41. The zero-order valence-electron chi connectivity index (χ0n) is 16.2. The molecule has 0 spiro atoms. The van der Waals surface area contributed by atoms with E-state index in [2.05, 4.69) is 19.8 Å². The number of nitrogens with one attached hydrogen (secondary N) is 1. The summed E-state index contributed by atoms with van der Waals surface area (Å²) in [5.41, 5.74) is 1.21. The van der Waals surface area contributed by atoms with Crippen LogP contribution in [0.4, 0.5) is 0 Å². The van der Waals surface area contributed by atoms with Crippen molar-refractivity contribution < 1.29 is 13.2 Å². The molecule has 3 rings (SSSR count). The molecule has 2 aromatic rings. The first-order chi connectivity index (χ1) is 12.8. The SMILES string of the molecule is Cc1nn(C(C)C)c(C)c1S(=O)(=O)NC1CCC(Oc2cnccn2)CC1. The summed E-state index contributed by atoms with van der Waals surface area (Å²) < 4.78 is 36.3. The normalized spacial score (nSPS) is 20.8. The number of sulfonamides is 1. The highest BCUT2D eigenvalue weighted by molar-refractivity contribution is 7.89. The van der Waals surface area contributed by atoms with Crippen molar-refractivity contribution in [3.63, 3.8) is 0 Å². The molecule has 0 unspecified atom stereocenters. The Balaban J connectivity index is 1.63. The molecule has 0 saturated heterocycles. The quantitative estimate of drug-likeness (QED) is 0.810. The van der Waals surface area contributed by atoms with Crippen LogP contribution in [0.15, 0.2) is 23.5 Å². The summed E-state index contributed by atoms with van der Waals surface area (Å²) in [5.74, 6) is 0.508. The Morgan fingerprint density at radius 3 is 2.44 bits per heavy atom. The van der Waals surface area contributed by atoms with Gasteiger partial charge in [-0.05, 0) is 53.4 Å². The zero-order valence-corrected chi connectivity index (χ0v) is 17.0. The Labute approximate surface area is 160 Å². The monoisotopic (exact) mass is 393 g/mol. The predicted octanol–water partition coefficient (Wildman–Crippen LogP) is 2.54. The van der Waals surface area contributed by atoms with Crippen LogP contribution < -0.4 is 9.46 Å². The second kappa shape index (κ2) is 7.93. The van der Waals surface area contributed by atoms with Crippen LogP contribution in [0.1, 0.15) is 57.0 Å². The minimum Gasteiger partial charge on any atom is -0.473 e. The average molecular weight is 394 g/mol. The van der Waals surface area contributed by atoms with E-state index >= 15 is 0 Å². The van der Waals surface area contributed by atoms with Crippen molar-refractivity contribution in [1.82, 2.24) is 24.5 Å². The second-order valence-electron chi connectivity index (χ2n) is 7.29. The summed E-state index contributed by atoms with van der Waals surface area (Å²) in [7, 11) is -3.61. The van der Waals surface area contributed by atoms with Crippen LogP contribution in [0, 0.1) is 13.8 Å². The lowest BCUT2D eigenvalue weighted by molar-refractivity contribution is 0.138. The maximum atomic E-state index is 12.9. The molecule has 2 heterocycles. The predicted molar refractivity (Wildman–Crippen MR) is 101 cm³/mol.